The summed E-state index contributed by atoms with van der Waals surface area (Å²) in [6.45, 7) is 2.87. The molecule has 0 amide bonds. The van der Waals surface area contributed by atoms with Crippen LogP contribution in [0.2, 0.25) is 0 Å². The smallest absolute Gasteiger partial charge is 0.201 e. The van der Waals surface area contributed by atoms with Crippen molar-refractivity contribution in [3.05, 3.63) is 34.9 Å². The molecule has 0 radical (unpaired) electrons. The van der Waals surface area contributed by atoms with Gasteiger partial charge in [0.15, 0.2) is 0 Å². The molecule has 0 aliphatic rings. The second-order valence-electron chi connectivity index (χ2n) is 3.83. The summed E-state index contributed by atoms with van der Waals surface area (Å²) in [7, 11) is 0. The predicted octanol–water partition coefficient (Wildman–Crippen LogP) is 4.77. The van der Waals surface area contributed by atoms with Crippen LogP contribution in [0.5, 0.6) is 0 Å². The normalized spacial score (nSPS) is 12.9. The molecule has 96 valence electrons. The third kappa shape index (κ3) is 3.17. The first-order valence-corrected chi connectivity index (χ1v) is 5.30. The fourth-order valence-electron chi connectivity index (χ4n) is 1.48. The van der Waals surface area contributed by atoms with Crippen molar-refractivity contribution in [2.45, 2.75) is 38.8 Å². The number of benzene rings is 1. The molecule has 0 aromatic heterocycles. The standard InChI is InChI=1S/C12H13F5/c1-3-8-5-9(11(13,14)4-2)7-10(6-8)12(15,16)17/h5-7H,3-4H2,1-2H3. The molecule has 0 heterocycles. The zero-order chi connectivity index (χ0) is 13.3. The average Bonchev–Trinajstić information content (AvgIpc) is 2.27. The molecule has 0 N–H and O–H groups in total. The lowest BCUT2D eigenvalue weighted by molar-refractivity contribution is -0.137. The van der Waals surface area contributed by atoms with Crippen LogP contribution in [0.3, 0.4) is 0 Å². The van der Waals surface area contributed by atoms with Crippen LogP contribution < -0.4 is 0 Å². The Morgan fingerprint density at radius 3 is 1.82 bits per heavy atom. The van der Waals surface area contributed by atoms with E-state index in [4.69, 9.17) is 0 Å². The lowest BCUT2D eigenvalue weighted by Crippen LogP contribution is -2.15. The third-order valence-corrected chi connectivity index (χ3v) is 2.59. The summed E-state index contributed by atoms with van der Waals surface area (Å²) < 4.78 is 64.4. The average molecular weight is 252 g/mol. The van der Waals surface area contributed by atoms with E-state index < -0.39 is 29.6 Å². The molecule has 1 rings (SSSR count). The van der Waals surface area contributed by atoms with Crippen LogP contribution in [0.25, 0.3) is 0 Å². The molecule has 0 spiro atoms. The van der Waals surface area contributed by atoms with Crippen molar-refractivity contribution in [3.63, 3.8) is 0 Å². The van der Waals surface area contributed by atoms with Gasteiger partial charge in [-0.15, -0.1) is 0 Å². The molecular weight excluding hydrogens is 239 g/mol. The second-order valence-corrected chi connectivity index (χ2v) is 3.83. The first kappa shape index (κ1) is 13.9. The van der Waals surface area contributed by atoms with Gasteiger partial charge in [-0.3, -0.25) is 0 Å². The van der Waals surface area contributed by atoms with E-state index in [0.717, 1.165) is 12.1 Å². The number of aryl methyl sites for hydroxylation is 1. The minimum atomic E-state index is -4.59. The molecule has 0 nitrogen and oxygen atoms in total. The van der Waals surface area contributed by atoms with Gasteiger partial charge in [0, 0.05) is 12.0 Å². The highest BCUT2D eigenvalue weighted by atomic mass is 19.4. The summed E-state index contributed by atoms with van der Waals surface area (Å²) in [6, 6.07) is 2.58. The highest BCUT2D eigenvalue weighted by molar-refractivity contribution is 5.34. The van der Waals surface area contributed by atoms with Gasteiger partial charge >= 0.3 is 6.18 Å². The zero-order valence-electron chi connectivity index (χ0n) is 9.54. The minimum Gasteiger partial charge on any atom is -0.201 e. The van der Waals surface area contributed by atoms with E-state index in [1.165, 1.54) is 6.92 Å². The van der Waals surface area contributed by atoms with Gasteiger partial charge in [0.2, 0.25) is 0 Å². The summed E-state index contributed by atoms with van der Waals surface area (Å²) in [5.74, 6) is -3.22. The summed E-state index contributed by atoms with van der Waals surface area (Å²) in [6.07, 6.45) is -4.82. The van der Waals surface area contributed by atoms with Crippen molar-refractivity contribution in [1.82, 2.24) is 0 Å². The first-order chi connectivity index (χ1) is 7.70. The van der Waals surface area contributed by atoms with E-state index in [0.29, 0.717) is 6.07 Å². The van der Waals surface area contributed by atoms with Crippen molar-refractivity contribution >= 4 is 0 Å². The molecule has 0 unspecified atom stereocenters. The van der Waals surface area contributed by atoms with Crippen molar-refractivity contribution < 1.29 is 22.0 Å². The number of rotatable bonds is 3. The molecule has 0 aliphatic carbocycles. The Hall–Kier alpha value is -1.13. The Bertz CT molecular complexity index is 392. The van der Waals surface area contributed by atoms with Crippen molar-refractivity contribution in [2.75, 3.05) is 0 Å². The topological polar surface area (TPSA) is 0 Å². The molecule has 0 aliphatic heterocycles. The van der Waals surface area contributed by atoms with E-state index in [-0.39, 0.29) is 12.0 Å². The maximum absolute atomic E-state index is 13.4. The summed E-state index contributed by atoms with van der Waals surface area (Å²) in [4.78, 5) is 0. The molecule has 0 fully saturated rings. The number of alkyl halides is 5. The second kappa shape index (κ2) is 4.63. The molecule has 0 atom stereocenters. The zero-order valence-corrected chi connectivity index (χ0v) is 9.54. The van der Waals surface area contributed by atoms with Crippen LogP contribution in [0.15, 0.2) is 18.2 Å². The van der Waals surface area contributed by atoms with Gasteiger partial charge in [-0.05, 0) is 30.2 Å². The molecule has 0 saturated carbocycles. The summed E-state index contributed by atoms with van der Waals surface area (Å²) in [5.41, 5.74) is -1.31. The van der Waals surface area contributed by atoms with Gasteiger partial charge in [-0.2, -0.15) is 13.2 Å². The van der Waals surface area contributed by atoms with Gasteiger partial charge in [0.25, 0.3) is 5.92 Å². The van der Waals surface area contributed by atoms with Crippen molar-refractivity contribution in [3.8, 4) is 0 Å². The highest BCUT2D eigenvalue weighted by Gasteiger charge is 2.35. The van der Waals surface area contributed by atoms with Crippen LogP contribution >= 0.6 is 0 Å². The molecule has 1 aromatic carbocycles. The van der Waals surface area contributed by atoms with E-state index in [9.17, 15) is 22.0 Å². The lowest BCUT2D eigenvalue weighted by Gasteiger charge is -2.18. The Kier molecular flexibility index (Phi) is 3.79. The van der Waals surface area contributed by atoms with Crippen LogP contribution in [-0.4, -0.2) is 0 Å². The largest absolute Gasteiger partial charge is 0.416 e. The first-order valence-electron chi connectivity index (χ1n) is 5.30. The number of halogens is 5. The Labute approximate surface area is 96.4 Å². The Morgan fingerprint density at radius 2 is 1.41 bits per heavy atom. The van der Waals surface area contributed by atoms with Gasteiger partial charge in [0.1, 0.15) is 0 Å². The van der Waals surface area contributed by atoms with E-state index in [2.05, 4.69) is 0 Å². The van der Waals surface area contributed by atoms with Gasteiger partial charge in [0.05, 0.1) is 5.56 Å². The third-order valence-electron chi connectivity index (χ3n) is 2.59. The SMILES string of the molecule is CCc1cc(C(F)(F)F)cc(C(F)(F)CC)c1. The molecule has 17 heavy (non-hydrogen) atoms. The molecule has 0 saturated heterocycles. The van der Waals surface area contributed by atoms with E-state index >= 15 is 0 Å². The fourth-order valence-corrected chi connectivity index (χ4v) is 1.48. The van der Waals surface area contributed by atoms with Crippen LogP contribution in [0.1, 0.15) is 37.0 Å². The van der Waals surface area contributed by atoms with Crippen molar-refractivity contribution in [2.24, 2.45) is 0 Å². The van der Waals surface area contributed by atoms with Crippen LogP contribution in [0.4, 0.5) is 22.0 Å². The van der Waals surface area contributed by atoms with E-state index in [1.807, 2.05) is 0 Å². The Balaban J connectivity index is 3.34. The van der Waals surface area contributed by atoms with Gasteiger partial charge in [-0.25, -0.2) is 8.78 Å². The summed E-state index contributed by atoms with van der Waals surface area (Å²) in [5, 5.41) is 0. The monoisotopic (exact) mass is 252 g/mol. The van der Waals surface area contributed by atoms with E-state index in [1.54, 1.807) is 6.92 Å². The van der Waals surface area contributed by atoms with Gasteiger partial charge in [-0.1, -0.05) is 13.8 Å². The molecule has 5 heteroatoms. The lowest BCUT2D eigenvalue weighted by atomic mass is 9.98. The maximum atomic E-state index is 13.4. The molecule has 0 bridgehead atoms. The van der Waals surface area contributed by atoms with Crippen molar-refractivity contribution in [1.29, 1.82) is 0 Å². The summed E-state index contributed by atoms with van der Waals surface area (Å²) >= 11 is 0. The quantitative estimate of drug-likeness (QED) is 0.680. The number of hydrogen-bond donors (Lipinski definition) is 0. The van der Waals surface area contributed by atoms with Crippen LogP contribution in [-0.2, 0) is 18.5 Å². The molecule has 1 aromatic rings. The van der Waals surface area contributed by atoms with Crippen LogP contribution in [0, 0.1) is 0 Å². The van der Waals surface area contributed by atoms with Gasteiger partial charge < -0.3 is 0 Å². The molecular formula is C12H13F5. The highest BCUT2D eigenvalue weighted by Crippen LogP contribution is 2.37. The Morgan fingerprint density at radius 1 is 0.882 bits per heavy atom. The maximum Gasteiger partial charge on any atom is 0.416 e. The predicted molar refractivity (Wildman–Crippen MR) is 55.0 cm³/mol. The fraction of sp³-hybridized carbons (Fsp3) is 0.500. The number of hydrogen-bond acceptors (Lipinski definition) is 0. The minimum absolute atomic E-state index is 0.267.